The second-order valence-corrected chi connectivity index (χ2v) is 7.42. The van der Waals surface area contributed by atoms with E-state index in [9.17, 15) is 4.79 Å². The minimum Gasteiger partial charge on any atom is -0.379 e. The largest absolute Gasteiger partial charge is 0.379 e. The van der Waals surface area contributed by atoms with Gasteiger partial charge in [0.2, 0.25) is 0 Å². The van der Waals surface area contributed by atoms with Crippen LogP contribution in [0.4, 0.5) is 0 Å². The van der Waals surface area contributed by atoms with Gasteiger partial charge in [-0.1, -0.05) is 30.8 Å². The molecule has 0 radical (unpaired) electrons. The van der Waals surface area contributed by atoms with Crippen molar-refractivity contribution in [2.75, 3.05) is 5.75 Å². The Kier molecular flexibility index (Phi) is 6.19. The summed E-state index contributed by atoms with van der Waals surface area (Å²) in [5.41, 5.74) is 7.69. The number of amidine groups is 1. The molecule has 0 unspecified atom stereocenters. The Morgan fingerprint density at radius 2 is 2.16 bits per heavy atom. The Hall–Kier alpha value is -1.92. The summed E-state index contributed by atoms with van der Waals surface area (Å²) in [6.45, 7) is 2.04. The zero-order valence-electron chi connectivity index (χ0n) is 13.2. The number of rotatable bonds is 4. The number of nitrogens with zero attached hydrogens (tertiary/aromatic N) is 3. The molecule has 7 heteroatoms. The van der Waals surface area contributed by atoms with Gasteiger partial charge in [0, 0.05) is 30.8 Å². The van der Waals surface area contributed by atoms with Crippen LogP contribution in [-0.2, 0) is 12.0 Å². The van der Waals surface area contributed by atoms with E-state index in [1.54, 1.807) is 36.3 Å². The van der Waals surface area contributed by atoms with E-state index in [0.29, 0.717) is 15.9 Å². The number of thioether (sulfide) groups is 1. The average molecular weight is 377 g/mol. The lowest BCUT2D eigenvalue weighted by atomic mass is 9.90. The predicted octanol–water partition coefficient (Wildman–Crippen LogP) is 3.86. The predicted molar refractivity (Wildman–Crippen MR) is 104 cm³/mol. The van der Waals surface area contributed by atoms with Crippen LogP contribution in [-0.4, -0.2) is 26.7 Å². The number of carbonyl (C=O) groups is 1. The summed E-state index contributed by atoms with van der Waals surface area (Å²) in [6.07, 6.45) is 6.09. The second kappa shape index (κ2) is 7.97. The van der Waals surface area contributed by atoms with Gasteiger partial charge in [-0.15, -0.1) is 0 Å². The molecule has 2 aromatic rings. The van der Waals surface area contributed by atoms with Crippen molar-refractivity contribution in [1.82, 2.24) is 9.97 Å². The molecule has 1 atom stereocenters. The SMILES string of the molecule is C.C[C@@]1(c2cncc(CC(=O)c3ccc(Cl)cn3)c2)CCSC(N)=N1. The molecule has 0 amide bonds. The van der Waals surface area contributed by atoms with Crippen LogP contribution in [0, 0.1) is 0 Å². The molecule has 1 aliphatic rings. The van der Waals surface area contributed by atoms with Crippen LogP contribution in [0.5, 0.6) is 0 Å². The molecular formula is C18H21ClN4OS. The van der Waals surface area contributed by atoms with E-state index >= 15 is 0 Å². The van der Waals surface area contributed by atoms with E-state index in [2.05, 4.69) is 15.0 Å². The molecule has 3 heterocycles. The highest BCUT2D eigenvalue weighted by Gasteiger charge is 2.30. The van der Waals surface area contributed by atoms with Gasteiger partial charge in [-0.25, -0.2) is 0 Å². The first kappa shape index (κ1) is 19.4. The number of halogens is 1. The van der Waals surface area contributed by atoms with Gasteiger partial charge in [0.15, 0.2) is 11.0 Å². The number of Topliss-reactive ketones (excluding diaryl/α,β-unsaturated/α-hetero) is 1. The van der Waals surface area contributed by atoms with Gasteiger partial charge in [0.25, 0.3) is 0 Å². The molecule has 2 N–H and O–H groups in total. The van der Waals surface area contributed by atoms with Crippen LogP contribution in [0.25, 0.3) is 0 Å². The number of nitrogens with two attached hydrogens (primary N) is 1. The highest BCUT2D eigenvalue weighted by molar-refractivity contribution is 8.13. The van der Waals surface area contributed by atoms with E-state index in [-0.39, 0.29) is 25.2 Å². The molecule has 25 heavy (non-hydrogen) atoms. The summed E-state index contributed by atoms with van der Waals surface area (Å²) in [4.78, 5) is 25.3. The van der Waals surface area contributed by atoms with Crippen molar-refractivity contribution in [3.8, 4) is 0 Å². The van der Waals surface area contributed by atoms with Crippen LogP contribution < -0.4 is 5.73 Å². The fraction of sp³-hybridized carbons (Fsp3) is 0.333. The first-order valence-corrected chi connectivity index (χ1v) is 8.90. The Bertz CT molecular complexity index is 794. The molecule has 0 aliphatic carbocycles. The Morgan fingerprint density at radius 1 is 1.36 bits per heavy atom. The lowest BCUT2D eigenvalue weighted by molar-refractivity contribution is 0.0988. The minimum absolute atomic E-state index is 0. The van der Waals surface area contributed by atoms with Crippen molar-refractivity contribution in [3.05, 3.63) is 58.6 Å². The monoisotopic (exact) mass is 376 g/mol. The van der Waals surface area contributed by atoms with Crippen LogP contribution in [0.2, 0.25) is 5.02 Å². The molecular weight excluding hydrogens is 356 g/mol. The van der Waals surface area contributed by atoms with Crippen LogP contribution in [0.3, 0.4) is 0 Å². The van der Waals surface area contributed by atoms with Gasteiger partial charge in [0.05, 0.1) is 10.6 Å². The zero-order valence-corrected chi connectivity index (χ0v) is 14.8. The van der Waals surface area contributed by atoms with Crippen molar-refractivity contribution in [1.29, 1.82) is 0 Å². The summed E-state index contributed by atoms with van der Waals surface area (Å²) >= 11 is 7.36. The minimum atomic E-state index is -0.389. The van der Waals surface area contributed by atoms with E-state index in [4.69, 9.17) is 17.3 Å². The molecule has 1 aliphatic heterocycles. The molecule has 0 saturated heterocycles. The standard InChI is InChI=1S/C17H17ClN4OS.CH4/c1-17(4-5-24-16(19)22-17)12-6-11(8-20-9-12)7-15(23)14-3-2-13(18)10-21-14;/h2-3,6,8-10H,4-5,7H2,1H3,(H2,19,22);1H4/t17-;/m0./s1. The number of aliphatic imine (C=N–C) groups is 1. The van der Waals surface area contributed by atoms with Gasteiger partial charge in [-0.05, 0) is 42.7 Å². The maximum atomic E-state index is 12.4. The molecule has 0 spiro atoms. The van der Waals surface area contributed by atoms with Crippen molar-refractivity contribution >= 4 is 34.3 Å². The topological polar surface area (TPSA) is 81.2 Å². The second-order valence-electron chi connectivity index (χ2n) is 5.87. The molecule has 0 fully saturated rings. The summed E-state index contributed by atoms with van der Waals surface area (Å²) in [6, 6.07) is 5.27. The van der Waals surface area contributed by atoms with Crippen LogP contribution >= 0.6 is 23.4 Å². The molecule has 2 aromatic heterocycles. The van der Waals surface area contributed by atoms with Crippen molar-refractivity contribution in [2.45, 2.75) is 32.7 Å². The van der Waals surface area contributed by atoms with Gasteiger partial charge < -0.3 is 5.73 Å². The van der Waals surface area contributed by atoms with Gasteiger partial charge in [0.1, 0.15) is 5.69 Å². The maximum Gasteiger partial charge on any atom is 0.185 e. The summed E-state index contributed by atoms with van der Waals surface area (Å²) in [7, 11) is 0. The number of hydrogen-bond donors (Lipinski definition) is 1. The molecule has 0 aromatic carbocycles. The average Bonchev–Trinajstić information content (AvgIpc) is 2.55. The summed E-state index contributed by atoms with van der Waals surface area (Å²) in [5.74, 6) is 0.849. The van der Waals surface area contributed by atoms with Gasteiger partial charge >= 0.3 is 0 Å². The number of ketones is 1. The van der Waals surface area contributed by atoms with Crippen molar-refractivity contribution < 1.29 is 4.79 Å². The molecule has 3 rings (SSSR count). The molecule has 0 bridgehead atoms. The van der Waals surface area contributed by atoms with Crippen LogP contribution in [0.15, 0.2) is 41.8 Å². The Balaban J connectivity index is 0.00000225. The maximum absolute atomic E-state index is 12.4. The number of aromatic nitrogens is 2. The fourth-order valence-corrected chi connectivity index (χ4v) is 3.68. The van der Waals surface area contributed by atoms with Crippen molar-refractivity contribution in [3.63, 3.8) is 0 Å². The third kappa shape index (κ3) is 4.58. The third-order valence-electron chi connectivity index (χ3n) is 3.99. The normalized spacial score (nSPS) is 19.7. The van der Waals surface area contributed by atoms with E-state index in [0.717, 1.165) is 23.3 Å². The number of pyridine rings is 2. The quantitative estimate of drug-likeness (QED) is 0.819. The Morgan fingerprint density at radius 3 is 2.84 bits per heavy atom. The number of hydrogen-bond acceptors (Lipinski definition) is 6. The number of carbonyl (C=O) groups excluding carboxylic acids is 1. The van der Waals surface area contributed by atoms with Crippen molar-refractivity contribution in [2.24, 2.45) is 10.7 Å². The van der Waals surface area contributed by atoms with E-state index < -0.39 is 0 Å². The molecule has 0 saturated carbocycles. The molecule has 132 valence electrons. The van der Waals surface area contributed by atoms with Gasteiger partial charge in [-0.3, -0.25) is 19.8 Å². The molecule has 5 nitrogen and oxygen atoms in total. The van der Waals surface area contributed by atoms with E-state index in [1.165, 1.54) is 6.20 Å². The smallest absolute Gasteiger partial charge is 0.185 e. The van der Waals surface area contributed by atoms with Crippen LogP contribution in [0.1, 0.15) is 42.4 Å². The summed E-state index contributed by atoms with van der Waals surface area (Å²) in [5, 5.41) is 1.10. The lowest BCUT2D eigenvalue weighted by Crippen LogP contribution is -2.29. The highest BCUT2D eigenvalue weighted by atomic mass is 35.5. The first-order valence-electron chi connectivity index (χ1n) is 7.53. The first-order chi connectivity index (χ1) is 11.5. The zero-order chi connectivity index (χ0) is 17.2. The van der Waals surface area contributed by atoms with E-state index in [1.807, 2.05) is 13.0 Å². The lowest BCUT2D eigenvalue weighted by Gasteiger charge is -2.29. The highest BCUT2D eigenvalue weighted by Crippen LogP contribution is 2.34. The summed E-state index contributed by atoms with van der Waals surface area (Å²) < 4.78 is 0. The third-order valence-corrected chi connectivity index (χ3v) is 5.01. The Labute approximate surface area is 157 Å². The fourth-order valence-electron chi connectivity index (χ4n) is 2.59. The van der Waals surface area contributed by atoms with Gasteiger partial charge in [-0.2, -0.15) is 0 Å².